The summed E-state index contributed by atoms with van der Waals surface area (Å²) in [5.41, 5.74) is 1.55. The highest BCUT2D eigenvalue weighted by atomic mass is 35.5. The maximum atomic E-state index is 6.19. The summed E-state index contributed by atoms with van der Waals surface area (Å²) >= 11 is 17.6. The molecule has 28 heavy (non-hydrogen) atoms. The van der Waals surface area contributed by atoms with Crippen molar-refractivity contribution in [2.24, 2.45) is 5.10 Å². The molecule has 146 valence electrons. The molecule has 3 rings (SSSR count). The molecule has 0 aliphatic rings. The van der Waals surface area contributed by atoms with Crippen molar-refractivity contribution in [2.75, 3.05) is 7.11 Å². The van der Waals surface area contributed by atoms with Crippen molar-refractivity contribution in [3.8, 4) is 11.5 Å². The van der Waals surface area contributed by atoms with Crippen LogP contribution in [0.15, 0.2) is 41.5 Å². The first-order valence-electron chi connectivity index (χ1n) is 8.47. The lowest BCUT2D eigenvalue weighted by Gasteiger charge is -2.13. The number of hydrogen-bond acceptors (Lipinski definition) is 5. The summed E-state index contributed by atoms with van der Waals surface area (Å²) in [7, 11) is 1.58. The van der Waals surface area contributed by atoms with Crippen molar-refractivity contribution < 1.29 is 9.47 Å². The Balaban J connectivity index is 1.79. The van der Waals surface area contributed by atoms with Crippen molar-refractivity contribution >= 4 is 41.6 Å². The third-order valence-corrected chi connectivity index (χ3v) is 4.95. The molecule has 2 aromatic carbocycles. The van der Waals surface area contributed by atoms with Crippen LogP contribution in [0.3, 0.4) is 0 Å². The van der Waals surface area contributed by atoms with Gasteiger partial charge >= 0.3 is 0 Å². The van der Waals surface area contributed by atoms with Crippen molar-refractivity contribution in [1.29, 1.82) is 0 Å². The molecule has 0 amide bonds. The quantitative estimate of drug-likeness (QED) is 0.404. The van der Waals surface area contributed by atoms with Crippen molar-refractivity contribution in [3.05, 3.63) is 68.2 Å². The molecule has 0 radical (unpaired) electrons. The number of methoxy groups -OCH3 is 1. The van der Waals surface area contributed by atoms with Gasteiger partial charge in [0.15, 0.2) is 17.3 Å². The van der Waals surface area contributed by atoms with E-state index in [1.54, 1.807) is 42.3 Å². The number of ether oxygens (including phenoxy) is 2. The number of aromatic amines is 1. The lowest BCUT2D eigenvalue weighted by Crippen LogP contribution is -2.00. The van der Waals surface area contributed by atoms with E-state index in [1.165, 1.54) is 0 Å². The molecule has 3 aromatic rings. The summed E-state index contributed by atoms with van der Waals surface area (Å²) in [4.78, 5) is 0. The molecule has 1 aromatic heterocycles. The monoisotopic (exact) mass is 436 g/mol. The summed E-state index contributed by atoms with van der Waals surface area (Å²) < 4.78 is 13.3. The van der Waals surface area contributed by atoms with Crippen LogP contribution in [0.1, 0.15) is 23.9 Å². The van der Waals surface area contributed by atoms with Gasteiger partial charge in [-0.25, -0.2) is 0 Å². The van der Waals surface area contributed by atoms with Crippen LogP contribution in [0.4, 0.5) is 0 Å². The van der Waals surface area contributed by atoms with Crippen molar-refractivity contribution in [2.45, 2.75) is 20.0 Å². The molecular formula is C19H18Cl2N4O2S. The lowest BCUT2D eigenvalue weighted by atomic mass is 10.2. The number of aromatic nitrogens is 3. The Hall–Kier alpha value is -2.35. The van der Waals surface area contributed by atoms with E-state index in [0.717, 1.165) is 17.0 Å². The minimum atomic E-state index is 0.229. The zero-order valence-electron chi connectivity index (χ0n) is 15.3. The zero-order chi connectivity index (χ0) is 20.1. The summed E-state index contributed by atoms with van der Waals surface area (Å²) in [5, 5.41) is 12.4. The number of nitrogens with zero attached hydrogens (tertiary/aromatic N) is 3. The van der Waals surface area contributed by atoms with Crippen LogP contribution in [-0.4, -0.2) is 28.2 Å². The highest BCUT2D eigenvalue weighted by Gasteiger charge is 2.10. The highest BCUT2D eigenvalue weighted by molar-refractivity contribution is 7.71. The normalized spacial score (nSPS) is 11.1. The number of benzene rings is 2. The van der Waals surface area contributed by atoms with Gasteiger partial charge in [0.2, 0.25) is 4.77 Å². The van der Waals surface area contributed by atoms with E-state index in [2.05, 4.69) is 15.3 Å². The molecule has 9 heteroatoms. The fourth-order valence-electron chi connectivity index (χ4n) is 2.50. The van der Waals surface area contributed by atoms with Crippen molar-refractivity contribution in [3.63, 3.8) is 0 Å². The fraction of sp³-hybridized carbons (Fsp3) is 0.211. The smallest absolute Gasteiger partial charge is 0.216 e. The molecule has 0 fully saturated rings. The molecule has 0 saturated carbocycles. The predicted molar refractivity (Wildman–Crippen MR) is 114 cm³/mol. The molecule has 0 saturated heterocycles. The van der Waals surface area contributed by atoms with Crippen LogP contribution < -0.4 is 9.47 Å². The van der Waals surface area contributed by atoms with E-state index in [4.69, 9.17) is 44.9 Å². The first-order valence-corrected chi connectivity index (χ1v) is 9.64. The SMILES string of the molecule is CCc1n[nH]c(=S)n1/N=C/c1ccc(OCc2c(Cl)cccc2Cl)c(OC)c1. The van der Waals surface area contributed by atoms with E-state index in [-0.39, 0.29) is 6.61 Å². The van der Waals surface area contributed by atoms with Gasteiger partial charge in [0.1, 0.15) is 6.61 Å². The minimum absolute atomic E-state index is 0.229. The molecule has 0 aliphatic carbocycles. The van der Waals surface area contributed by atoms with Crippen LogP contribution in [0, 0.1) is 4.77 Å². The Labute approximate surface area is 177 Å². The third kappa shape index (κ3) is 4.55. The summed E-state index contributed by atoms with van der Waals surface area (Å²) in [6.45, 7) is 2.21. The van der Waals surface area contributed by atoms with Gasteiger partial charge in [-0.05, 0) is 48.1 Å². The molecule has 1 heterocycles. The zero-order valence-corrected chi connectivity index (χ0v) is 17.6. The second-order valence-electron chi connectivity index (χ2n) is 5.75. The summed E-state index contributed by atoms with van der Waals surface area (Å²) in [5.74, 6) is 1.90. The molecule has 0 spiro atoms. The Morgan fingerprint density at radius 3 is 2.64 bits per heavy atom. The molecule has 0 unspecified atom stereocenters. The Bertz CT molecular complexity index is 1040. The van der Waals surface area contributed by atoms with Crippen LogP contribution in [0.5, 0.6) is 11.5 Å². The van der Waals surface area contributed by atoms with Crippen LogP contribution in [0.25, 0.3) is 0 Å². The lowest BCUT2D eigenvalue weighted by molar-refractivity contribution is 0.284. The first kappa shape index (κ1) is 20.4. The van der Waals surface area contributed by atoms with Gasteiger partial charge in [-0.1, -0.05) is 36.2 Å². The maximum absolute atomic E-state index is 6.19. The van der Waals surface area contributed by atoms with E-state index < -0.39 is 0 Å². The number of hydrogen-bond donors (Lipinski definition) is 1. The average Bonchev–Trinajstić information content (AvgIpc) is 3.06. The first-order chi connectivity index (χ1) is 13.5. The van der Waals surface area contributed by atoms with Gasteiger partial charge < -0.3 is 9.47 Å². The van der Waals surface area contributed by atoms with Gasteiger partial charge in [-0.15, -0.1) is 0 Å². The molecule has 6 nitrogen and oxygen atoms in total. The van der Waals surface area contributed by atoms with Gasteiger partial charge in [0, 0.05) is 22.0 Å². The van der Waals surface area contributed by atoms with Gasteiger partial charge in [0.05, 0.1) is 13.3 Å². The fourth-order valence-corrected chi connectivity index (χ4v) is 3.21. The second kappa shape index (κ2) is 9.23. The average molecular weight is 437 g/mol. The number of rotatable bonds is 7. The van der Waals surface area contributed by atoms with Crippen LogP contribution in [-0.2, 0) is 13.0 Å². The standard InChI is InChI=1S/C19H18Cl2N4O2S/c1-3-18-23-24-19(28)25(18)22-10-12-7-8-16(17(9-12)26-2)27-11-13-14(20)5-4-6-15(13)21/h4-10H,3,11H2,1-2H3,(H,24,28)/b22-10+. The Kier molecular flexibility index (Phi) is 6.72. The predicted octanol–water partition coefficient (Wildman–Crippen LogP) is 5.28. The van der Waals surface area contributed by atoms with E-state index in [1.807, 2.05) is 19.1 Å². The number of halogens is 2. The summed E-state index contributed by atoms with van der Waals surface area (Å²) in [6, 6.07) is 10.8. The summed E-state index contributed by atoms with van der Waals surface area (Å²) in [6.07, 6.45) is 2.40. The van der Waals surface area contributed by atoms with Gasteiger partial charge in [-0.3, -0.25) is 5.10 Å². The van der Waals surface area contributed by atoms with E-state index >= 15 is 0 Å². The second-order valence-corrected chi connectivity index (χ2v) is 6.96. The van der Waals surface area contributed by atoms with Gasteiger partial charge in [-0.2, -0.15) is 14.9 Å². The number of aryl methyl sites for hydroxylation is 1. The molecule has 1 N–H and O–H groups in total. The molecule has 0 atom stereocenters. The van der Waals surface area contributed by atoms with Crippen molar-refractivity contribution in [1.82, 2.24) is 14.9 Å². The molecule has 0 aliphatic heterocycles. The molecule has 0 bridgehead atoms. The number of H-pyrrole nitrogens is 1. The van der Waals surface area contributed by atoms with E-state index in [9.17, 15) is 0 Å². The number of nitrogens with one attached hydrogen (secondary N) is 1. The van der Waals surface area contributed by atoms with E-state index in [0.29, 0.717) is 32.7 Å². The highest BCUT2D eigenvalue weighted by Crippen LogP contribution is 2.31. The third-order valence-electron chi connectivity index (χ3n) is 3.98. The Morgan fingerprint density at radius 2 is 1.96 bits per heavy atom. The largest absolute Gasteiger partial charge is 0.493 e. The topological polar surface area (TPSA) is 64.4 Å². The maximum Gasteiger partial charge on any atom is 0.216 e. The van der Waals surface area contributed by atoms with Gasteiger partial charge in [0.25, 0.3) is 0 Å². The van der Waals surface area contributed by atoms with Crippen LogP contribution >= 0.6 is 35.4 Å². The minimum Gasteiger partial charge on any atom is -0.493 e. The molecular weight excluding hydrogens is 419 g/mol. The Morgan fingerprint density at radius 1 is 1.21 bits per heavy atom. The van der Waals surface area contributed by atoms with Crippen LogP contribution in [0.2, 0.25) is 10.0 Å².